The van der Waals surface area contributed by atoms with Crippen molar-refractivity contribution in [3.63, 3.8) is 0 Å². The Hall–Kier alpha value is -2.05. The van der Waals surface area contributed by atoms with E-state index in [4.69, 9.17) is 5.73 Å². The van der Waals surface area contributed by atoms with E-state index in [1.165, 1.54) is 10.9 Å². The number of rotatable bonds is 4. The topological polar surface area (TPSA) is 99.2 Å². The maximum atomic E-state index is 11.4. The minimum atomic E-state index is -0.567. The number of nitrogens with one attached hydrogen (secondary N) is 1. The van der Waals surface area contributed by atoms with Gasteiger partial charge in [-0.25, -0.2) is 0 Å². The van der Waals surface area contributed by atoms with Crippen LogP contribution in [0.15, 0.2) is 6.20 Å². The smallest absolute Gasteiger partial charge is 0.315 e. The van der Waals surface area contributed by atoms with E-state index in [1.807, 2.05) is 0 Å². The Balaban J connectivity index is 2.52. The largest absolute Gasteiger partial charge is 0.466 e. The zero-order valence-corrected chi connectivity index (χ0v) is 9.19. The van der Waals surface area contributed by atoms with Crippen LogP contribution in [0.1, 0.15) is 13.3 Å². The maximum absolute atomic E-state index is 11.4. The predicted molar refractivity (Wildman–Crippen MR) is 57.5 cm³/mol. The standard InChI is InChI=1S/C9H14N4O3/c1-3-16-8(15)4-7(14)12-6-5-11-13(2)9(6)10/h5H,3-4,10H2,1-2H3,(H,12,14). The van der Waals surface area contributed by atoms with Gasteiger partial charge in [0.15, 0.2) is 0 Å². The molecule has 0 saturated heterocycles. The Labute approximate surface area is 92.6 Å². The quantitative estimate of drug-likeness (QED) is 0.551. The fourth-order valence-corrected chi connectivity index (χ4v) is 1.08. The zero-order valence-electron chi connectivity index (χ0n) is 9.19. The Morgan fingerprint density at radius 2 is 2.31 bits per heavy atom. The summed E-state index contributed by atoms with van der Waals surface area (Å²) < 4.78 is 6.05. The van der Waals surface area contributed by atoms with Gasteiger partial charge in [0.2, 0.25) is 5.91 Å². The van der Waals surface area contributed by atoms with Crippen LogP contribution in [0.2, 0.25) is 0 Å². The van der Waals surface area contributed by atoms with Crippen molar-refractivity contribution in [1.29, 1.82) is 0 Å². The summed E-state index contributed by atoms with van der Waals surface area (Å²) in [6.45, 7) is 1.93. The summed E-state index contributed by atoms with van der Waals surface area (Å²) in [5.74, 6) is -0.710. The molecule has 0 aliphatic heterocycles. The first-order valence-electron chi connectivity index (χ1n) is 4.77. The second kappa shape index (κ2) is 5.15. The maximum Gasteiger partial charge on any atom is 0.315 e. The molecule has 1 rings (SSSR count). The van der Waals surface area contributed by atoms with E-state index in [9.17, 15) is 9.59 Å². The highest BCUT2D eigenvalue weighted by Gasteiger charge is 2.13. The summed E-state index contributed by atoms with van der Waals surface area (Å²) in [5, 5.41) is 6.32. The molecule has 0 fully saturated rings. The predicted octanol–water partition coefficient (Wildman–Crippen LogP) is -0.106. The van der Waals surface area contributed by atoms with Gasteiger partial charge in [0.05, 0.1) is 12.8 Å². The van der Waals surface area contributed by atoms with Crippen LogP contribution in [0.3, 0.4) is 0 Å². The van der Waals surface area contributed by atoms with Gasteiger partial charge >= 0.3 is 5.97 Å². The number of amides is 1. The molecule has 1 amide bonds. The van der Waals surface area contributed by atoms with E-state index in [0.717, 1.165) is 0 Å². The molecule has 0 saturated carbocycles. The summed E-state index contributed by atoms with van der Waals surface area (Å²) >= 11 is 0. The van der Waals surface area contributed by atoms with Crippen molar-refractivity contribution in [3.05, 3.63) is 6.20 Å². The summed E-state index contributed by atoms with van der Waals surface area (Å²) in [6.07, 6.45) is 1.08. The van der Waals surface area contributed by atoms with Crippen LogP contribution in [0.25, 0.3) is 0 Å². The number of ether oxygens (including phenoxy) is 1. The molecule has 7 nitrogen and oxygen atoms in total. The SMILES string of the molecule is CCOC(=O)CC(=O)Nc1cnn(C)c1N. The van der Waals surface area contributed by atoms with Gasteiger partial charge in [0.25, 0.3) is 0 Å². The molecule has 0 bridgehead atoms. The Morgan fingerprint density at radius 3 is 2.81 bits per heavy atom. The van der Waals surface area contributed by atoms with Gasteiger partial charge in [-0.15, -0.1) is 0 Å². The summed E-state index contributed by atoms with van der Waals surface area (Å²) in [7, 11) is 1.65. The van der Waals surface area contributed by atoms with Crippen molar-refractivity contribution < 1.29 is 14.3 Å². The van der Waals surface area contributed by atoms with Gasteiger partial charge in [0, 0.05) is 7.05 Å². The molecule has 0 radical (unpaired) electrons. The molecule has 1 heterocycles. The fourth-order valence-electron chi connectivity index (χ4n) is 1.08. The highest BCUT2D eigenvalue weighted by atomic mass is 16.5. The van der Waals surface area contributed by atoms with Crippen molar-refractivity contribution in [2.75, 3.05) is 17.7 Å². The first kappa shape index (κ1) is 12.0. The second-order valence-electron chi connectivity index (χ2n) is 3.10. The second-order valence-corrected chi connectivity index (χ2v) is 3.10. The molecule has 0 aliphatic carbocycles. The molecule has 16 heavy (non-hydrogen) atoms. The average molecular weight is 226 g/mol. The third kappa shape index (κ3) is 2.97. The number of carbonyl (C=O) groups excluding carboxylic acids is 2. The summed E-state index contributed by atoms with van der Waals surface area (Å²) in [4.78, 5) is 22.4. The van der Waals surface area contributed by atoms with E-state index in [0.29, 0.717) is 11.5 Å². The van der Waals surface area contributed by atoms with Crippen LogP contribution in [0.5, 0.6) is 0 Å². The lowest BCUT2D eigenvalue weighted by atomic mass is 10.4. The highest BCUT2D eigenvalue weighted by Crippen LogP contribution is 2.15. The number of anilines is 2. The molecule has 0 aromatic carbocycles. The van der Waals surface area contributed by atoms with Crippen LogP contribution in [-0.4, -0.2) is 28.3 Å². The van der Waals surface area contributed by atoms with Gasteiger partial charge < -0.3 is 15.8 Å². The number of nitrogens with two attached hydrogens (primary N) is 1. The third-order valence-corrected chi connectivity index (χ3v) is 1.87. The first-order valence-corrected chi connectivity index (χ1v) is 4.77. The van der Waals surface area contributed by atoms with Gasteiger partial charge in [-0.05, 0) is 6.92 Å². The molecule has 1 aromatic heterocycles. The fraction of sp³-hybridized carbons (Fsp3) is 0.444. The molecule has 0 atom stereocenters. The Bertz CT molecular complexity index is 399. The number of carbonyl (C=O) groups is 2. The van der Waals surface area contributed by atoms with Crippen molar-refractivity contribution in [2.45, 2.75) is 13.3 Å². The van der Waals surface area contributed by atoms with Gasteiger partial charge in [-0.1, -0.05) is 0 Å². The van der Waals surface area contributed by atoms with Gasteiger partial charge in [0.1, 0.15) is 17.9 Å². The number of aromatic nitrogens is 2. The molecule has 88 valence electrons. The van der Waals surface area contributed by atoms with Crippen molar-refractivity contribution in [1.82, 2.24) is 9.78 Å². The third-order valence-electron chi connectivity index (χ3n) is 1.87. The molecule has 0 aliphatic rings. The van der Waals surface area contributed by atoms with E-state index in [1.54, 1.807) is 14.0 Å². The number of esters is 1. The molecule has 7 heteroatoms. The van der Waals surface area contributed by atoms with E-state index < -0.39 is 11.9 Å². The molecule has 0 spiro atoms. The van der Waals surface area contributed by atoms with Crippen LogP contribution in [0, 0.1) is 0 Å². The van der Waals surface area contributed by atoms with Crippen LogP contribution >= 0.6 is 0 Å². The van der Waals surface area contributed by atoms with E-state index >= 15 is 0 Å². The van der Waals surface area contributed by atoms with E-state index in [2.05, 4.69) is 15.2 Å². The van der Waals surface area contributed by atoms with Gasteiger partial charge in [-0.2, -0.15) is 5.10 Å². The highest BCUT2D eigenvalue weighted by molar-refractivity contribution is 6.02. The number of aryl methyl sites for hydroxylation is 1. The first-order chi connectivity index (χ1) is 7.54. The summed E-state index contributed by atoms with van der Waals surface area (Å²) in [6, 6.07) is 0. The number of hydrogen-bond donors (Lipinski definition) is 2. The Morgan fingerprint density at radius 1 is 1.62 bits per heavy atom. The zero-order chi connectivity index (χ0) is 12.1. The number of nitrogens with zero attached hydrogens (tertiary/aromatic N) is 2. The monoisotopic (exact) mass is 226 g/mol. The van der Waals surface area contributed by atoms with Crippen molar-refractivity contribution in [3.8, 4) is 0 Å². The van der Waals surface area contributed by atoms with Crippen LogP contribution < -0.4 is 11.1 Å². The van der Waals surface area contributed by atoms with Crippen molar-refractivity contribution >= 4 is 23.4 Å². The Kier molecular flexibility index (Phi) is 3.87. The van der Waals surface area contributed by atoms with Crippen LogP contribution in [-0.2, 0) is 21.4 Å². The minimum Gasteiger partial charge on any atom is -0.466 e. The molecular formula is C9H14N4O3. The van der Waals surface area contributed by atoms with E-state index in [-0.39, 0.29) is 13.0 Å². The normalized spacial score (nSPS) is 9.88. The lowest BCUT2D eigenvalue weighted by molar-refractivity contribution is -0.145. The minimum absolute atomic E-state index is 0.251. The molecule has 0 unspecified atom stereocenters. The van der Waals surface area contributed by atoms with Crippen molar-refractivity contribution in [2.24, 2.45) is 7.05 Å². The molecule has 1 aromatic rings. The number of nitrogen functional groups attached to an aromatic ring is 1. The molecular weight excluding hydrogens is 212 g/mol. The van der Waals surface area contributed by atoms with Gasteiger partial charge in [-0.3, -0.25) is 14.3 Å². The lowest BCUT2D eigenvalue weighted by Crippen LogP contribution is -2.18. The molecule has 3 N–H and O–H groups in total. The lowest BCUT2D eigenvalue weighted by Gasteiger charge is -2.03. The van der Waals surface area contributed by atoms with Crippen LogP contribution in [0.4, 0.5) is 11.5 Å². The average Bonchev–Trinajstić information content (AvgIpc) is 2.50. The summed E-state index contributed by atoms with van der Waals surface area (Å²) in [5.41, 5.74) is 6.00. The number of hydrogen-bond acceptors (Lipinski definition) is 5.